The van der Waals surface area contributed by atoms with Gasteiger partial charge in [-0.05, 0) is 79.5 Å². The quantitative estimate of drug-likeness (QED) is 0.228. The van der Waals surface area contributed by atoms with Crippen LogP contribution in [-0.2, 0) is 9.59 Å². The van der Waals surface area contributed by atoms with Gasteiger partial charge in [-0.15, -0.1) is 0 Å². The first-order valence-corrected chi connectivity index (χ1v) is 12.3. The minimum absolute atomic E-state index is 0.00367. The third-order valence-electron chi connectivity index (χ3n) is 5.91. The summed E-state index contributed by atoms with van der Waals surface area (Å²) in [6, 6.07) is 13.5. The molecule has 2 aromatic carbocycles. The van der Waals surface area contributed by atoms with Crippen molar-refractivity contribution in [2.45, 2.75) is 39.0 Å². The largest absolute Gasteiger partial charge is 0.493 e. The summed E-state index contributed by atoms with van der Waals surface area (Å²) in [6.45, 7) is 2.31. The van der Waals surface area contributed by atoms with E-state index in [1.165, 1.54) is 0 Å². The minimum atomic E-state index is -0.419. The van der Waals surface area contributed by atoms with E-state index in [4.69, 9.17) is 10.5 Å². The van der Waals surface area contributed by atoms with E-state index in [1.807, 2.05) is 6.21 Å². The molecule has 1 aliphatic heterocycles. The Kier molecular flexibility index (Phi) is 9.98. The van der Waals surface area contributed by atoms with Crippen LogP contribution in [0.25, 0.3) is 0 Å². The van der Waals surface area contributed by atoms with Crippen LogP contribution < -0.4 is 10.5 Å². The lowest BCUT2D eigenvalue weighted by Crippen LogP contribution is -2.25. The molecule has 0 fully saturated rings. The van der Waals surface area contributed by atoms with E-state index in [0.717, 1.165) is 12.1 Å². The molecule has 0 radical (unpaired) electrons. The summed E-state index contributed by atoms with van der Waals surface area (Å²) < 4.78 is 5.67. The van der Waals surface area contributed by atoms with Gasteiger partial charge in [-0.3, -0.25) is 19.4 Å². The van der Waals surface area contributed by atoms with Crippen LogP contribution in [0.15, 0.2) is 70.3 Å². The Labute approximate surface area is 216 Å². The Bertz CT molecular complexity index is 1200. The average molecular weight is 504 g/mol. The van der Waals surface area contributed by atoms with Crippen molar-refractivity contribution in [2.75, 3.05) is 6.61 Å². The van der Waals surface area contributed by atoms with Crippen LogP contribution in [0.3, 0.4) is 0 Å². The fourth-order valence-electron chi connectivity index (χ4n) is 3.85. The first-order chi connectivity index (χ1) is 17.4. The number of nitrogens with two attached hydrogens (primary N) is 1. The molecule has 0 bridgehead atoms. The van der Waals surface area contributed by atoms with Gasteiger partial charge in [-0.1, -0.05) is 13.0 Å². The molecular weight excluding hydrogens is 474 g/mol. The molecule has 2 unspecified atom stereocenters. The maximum atomic E-state index is 12.7. The van der Waals surface area contributed by atoms with E-state index in [0.29, 0.717) is 41.3 Å². The smallest absolute Gasteiger partial charge is 0.220 e. The van der Waals surface area contributed by atoms with Gasteiger partial charge < -0.3 is 10.5 Å². The molecule has 0 saturated heterocycles. The van der Waals surface area contributed by atoms with Crippen LogP contribution in [0.4, 0.5) is 5.69 Å². The van der Waals surface area contributed by atoms with E-state index >= 15 is 0 Å². The van der Waals surface area contributed by atoms with Crippen molar-refractivity contribution in [1.82, 2.24) is 0 Å². The van der Waals surface area contributed by atoms with Crippen LogP contribution in [0.2, 0.25) is 0 Å². The molecule has 2 N–H and O–H groups in total. The zero-order chi connectivity index (χ0) is 25.9. The Morgan fingerprint density at radius 1 is 1.11 bits per heavy atom. The molecule has 0 aliphatic carbocycles. The number of ether oxygens (including phenoxy) is 1. The number of hydrogen-bond acceptors (Lipinski definition) is 7. The number of carbonyl (C=O) groups is 3. The number of rotatable bonds is 13. The lowest BCUT2D eigenvalue weighted by atomic mass is 9.93. The number of aliphatic imine (C=N–C) groups is 2. The van der Waals surface area contributed by atoms with Gasteiger partial charge >= 0.3 is 0 Å². The highest BCUT2D eigenvalue weighted by Crippen LogP contribution is 2.23. The maximum Gasteiger partial charge on any atom is 0.220 e. The standard InChI is InChI=1S/C28H29N3O4S/c1-19-12-14-30-24(16-19)17-22(28(29)34)4-9-25(32)13-15-35-26-10-5-21(6-11-26)27(33)20-2-7-23(8-3-20)31-18-36/h2-3,5-8,10-11,14,16,19,22H,4,9,12-13,15,17H2,1H3,(H2,29,34). The van der Waals surface area contributed by atoms with Crippen LogP contribution in [-0.4, -0.2) is 35.5 Å². The summed E-state index contributed by atoms with van der Waals surface area (Å²) >= 11 is 4.58. The summed E-state index contributed by atoms with van der Waals surface area (Å²) in [6.07, 6.45) is 6.13. The van der Waals surface area contributed by atoms with Crippen molar-refractivity contribution < 1.29 is 19.1 Å². The van der Waals surface area contributed by atoms with E-state index in [9.17, 15) is 14.4 Å². The van der Waals surface area contributed by atoms with Gasteiger partial charge in [0.1, 0.15) is 11.5 Å². The van der Waals surface area contributed by atoms with Crippen LogP contribution in [0.5, 0.6) is 5.75 Å². The van der Waals surface area contributed by atoms with Crippen molar-refractivity contribution in [3.63, 3.8) is 0 Å². The van der Waals surface area contributed by atoms with E-state index in [2.05, 4.69) is 40.4 Å². The number of ketones is 2. The number of isothiocyanates is 1. The molecule has 8 heteroatoms. The van der Waals surface area contributed by atoms with Gasteiger partial charge in [0.15, 0.2) is 5.78 Å². The van der Waals surface area contributed by atoms with E-state index < -0.39 is 11.8 Å². The Morgan fingerprint density at radius 2 is 1.78 bits per heavy atom. The van der Waals surface area contributed by atoms with Crippen LogP contribution in [0.1, 0.15) is 54.9 Å². The third kappa shape index (κ3) is 8.18. The third-order valence-corrected chi connectivity index (χ3v) is 6.00. The molecule has 3 rings (SSSR count). The molecule has 36 heavy (non-hydrogen) atoms. The number of hydrogen-bond donors (Lipinski definition) is 1. The highest BCUT2D eigenvalue weighted by Gasteiger charge is 2.20. The summed E-state index contributed by atoms with van der Waals surface area (Å²) in [7, 11) is 0. The molecule has 2 aromatic rings. The van der Waals surface area contributed by atoms with Crippen molar-refractivity contribution in [2.24, 2.45) is 27.6 Å². The average Bonchev–Trinajstić information content (AvgIpc) is 2.87. The van der Waals surface area contributed by atoms with Crippen LogP contribution >= 0.6 is 12.2 Å². The summed E-state index contributed by atoms with van der Waals surface area (Å²) in [5, 5.41) is 2.29. The molecule has 1 amide bonds. The second kappa shape index (κ2) is 13.4. The number of benzene rings is 2. The topological polar surface area (TPSA) is 111 Å². The Hall–Kier alpha value is -3.74. The number of allylic oxidation sites excluding steroid dienone is 2. The number of carbonyl (C=O) groups excluding carboxylic acids is 3. The molecular formula is C28H29N3O4S. The molecule has 2 atom stereocenters. The molecule has 1 aliphatic rings. The molecule has 0 saturated carbocycles. The monoisotopic (exact) mass is 503 g/mol. The van der Waals surface area contributed by atoms with E-state index in [1.54, 1.807) is 48.5 Å². The number of nitrogens with zero attached hydrogens (tertiary/aromatic N) is 2. The second-order valence-corrected chi connectivity index (χ2v) is 8.95. The summed E-state index contributed by atoms with van der Waals surface area (Å²) in [4.78, 5) is 45.1. The van der Waals surface area contributed by atoms with Crippen molar-refractivity contribution in [3.05, 3.63) is 71.4 Å². The number of Topliss-reactive ketones (excluding diaryl/α,β-unsaturated/α-hetero) is 1. The van der Waals surface area contributed by atoms with Crippen LogP contribution in [0, 0.1) is 11.8 Å². The Morgan fingerprint density at radius 3 is 2.39 bits per heavy atom. The fourth-order valence-corrected chi connectivity index (χ4v) is 3.95. The van der Waals surface area contributed by atoms with Gasteiger partial charge in [0.05, 0.1) is 17.5 Å². The highest BCUT2D eigenvalue weighted by atomic mass is 32.1. The fraction of sp³-hybridized carbons (Fsp3) is 0.321. The van der Waals surface area contributed by atoms with Crippen molar-refractivity contribution in [3.8, 4) is 5.75 Å². The molecule has 7 nitrogen and oxygen atoms in total. The predicted molar refractivity (Wildman–Crippen MR) is 143 cm³/mol. The summed E-state index contributed by atoms with van der Waals surface area (Å²) in [5.74, 6) is 0.00254. The molecule has 186 valence electrons. The van der Waals surface area contributed by atoms with Gasteiger partial charge in [-0.2, -0.15) is 4.99 Å². The van der Waals surface area contributed by atoms with Gasteiger partial charge in [0, 0.05) is 48.2 Å². The van der Waals surface area contributed by atoms with Crippen molar-refractivity contribution in [1.29, 1.82) is 0 Å². The number of primary amides is 1. The number of amides is 1. The Balaban J connectivity index is 1.43. The van der Waals surface area contributed by atoms with Crippen molar-refractivity contribution >= 4 is 46.8 Å². The number of thiocarbonyl (C=S) groups is 1. The SMILES string of the molecule is CC1C=C(CC(CCC(=O)CCOc2ccc(C(=O)c3ccc(N=C=S)cc3)cc2)C(N)=O)N=CC1. The lowest BCUT2D eigenvalue weighted by Gasteiger charge is -2.16. The van der Waals surface area contributed by atoms with Gasteiger partial charge in [0.2, 0.25) is 5.91 Å². The van der Waals surface area contributed by atoms with E-state index in [-0.39, 0.29) is 31.0 Å². The molecule has 1 heterocycles. The minimum Gasteiger partial charge on any atom is -0.493 e. The highest BCUT2D eigenvalue weighted by molar-refractivity contribution is 7.78. The second-order valence-electron chi connectivity index (χ2n) is 8.77. The molecule has 0 aromatic heterocycles. The lowest BCUT2D eigenvalue weighted by molar-refractivity contribution is -0.123. The first kappa shape index (κ1) is 26.9. The summed E-state index contributed by atoms with van der Waals surface area (Å²) in [5.41, 5.74) is 8.10. The predicted octanol–water partition coefficient (Wildman–Crippen LogP) is 5.26. The maximum absolute atomic E-state index is 12.7. The zero-order valence-electron chi connectivity index (χ0n) is 20.2. The first-order valence-electron chi connectivity index (χ1n) is 11.9. The zero-order valence-corrected chi connectivity index (χ0v) is 21.0. The van der Waals surface area contributed by atoms with Gasteiger partial charge in [0.25, 0.3) is 0 Å². The normalized spacial score (nSPS) is 15.4. The molecule has 0 spiro atoms. The van der Waals surface area contributed by atoms with Gasteiger partial charge in [-0.25, -0.2) is 0 Å².